The van der Waals surface area contributed by atoms with Crippen molar-refractivity contribution in [1.82, 2.24) is 0 Å². The van der Waals surface area contributed by atoms with Crippen LogP contribution in [0.5, 0.6) is 5.75 Å². The maximum absolute atomic E-state index is 11.0. The summed E-state index contributed by atoms with van der Waals surface area (Å²) in [5.41, 5.74) is 0.695. The molecule has 0 radical (unpaired) electrons. The molecule has 2 N–H and O–H groups in total. The van der Waals surface area contributed by atoms with Crippen molar-refractivity contribution >= 4 is 17.6 Å². The van der Waals surface area contributed by atoms with Crippen molar-refractivity contribution in [1.29, 1.82) is 0 Å². The summed E-state index contributed by atoms with van der Waals surface area (Å²) in [5, 5.41) is 17.8. The number of aliphatic carboxylic acids is 1. The first-order valence-electron chi connectivity index (χ1n) is 5.44. The zero-order chi connectivity index (χ0) is 13.3. The van der Waals surface area contributed by atoms with Crippen molar-refractivity contribution in [3.05, 3.63) is 23.8 Å². The van der Waals surface area contributed by atoms with E-state index >= 15 is 0 Å². The molecule has 2 rings (SSSR count). The Morgan fingerprint density at radius 3 is 2.78 bits per heavy atom. The number of benzene rings is 1. The predicted octanol–water partition coefficient (Wildman–Crippen LogP) is 1.06. The molecule has 0 saturated carbocycles. The number of nitrogens with zero attached hydrogens (tertiary/aromatic N) is 1. The number of carboxylic acids is 2. The molecule has 1 atom stereocenters. The fraction of sp³-hybridized carbons (Fsp3) is 0.333. The normalized spacial score (nSPS) is 17.8. The van der Waals surface area contributed by atoms with Gasteiger partial charge in [-0.1, -0.05) is 6.07 Å². The number of aromatic carboxylic acids is 1. The lowest BCUT2D eigenvalue weighted by Gasteiger charge is -2.35. The second kappa shape index (κ2) is 4.56. The molecule has 0 spiro atoms. The minimum Gasteiger partial charge on any atom is -0.488 e. The number of carbonyl (C=O) groups is 2. The highest BCUT2D eigenvalue weighted by Crippen LogP contribution is 2.36. The van der Waals surface area contributed by atoms with Crippen molar-refractivity contribution < 1.29 is 24.5 Å². The van der Waals surface area contributed by atoms with E-state index < -0.39 is 11.9 Å². The van der Waals surface area contributed by atoms with Crippen molar-refractivity contribution in [2.24, 2.45) is 0 Å². The topological polar surface area (TPSA) is 87.1 Å². The summed E-state index contributed by atoms with van der Waals surface area (Å²) in [5.74, 6) is -1.67. The number of fused-ring (bicyclic) bond motifs is 1. The molecule has 1 aliphatic rings. The van der Waals surface area contributed by atoms with Crippen molar-refractivity contribution in [2.45, 2.75) is 12.5 Å². The molecule has 1 unspecified atom stereocenters. The van der Waals surface area contributed by atoms with E-state index in [9.17, 15) is 9.59 Å². The molecule has 1 aliphatic heterocycles. The molecule has 0 aliphatic carbocycles. The van der Waals surface area contributed by atoms with Crippen LogP contribution >= 0.6 is 0 Å². The lowest BCUT2D eigenvalue weighted by Crippen LogP contribution is -2.42. The Labute approximate surface area is 103 Å². The van der Waals surface area contributed by atoms with Crippen molar-refractivity contribution in [3.63, 3.8) is 0 Å². The van der Waals surface area contributed by atoms with E-state index in [4.69, 9.17) is 14.9 Å². The average Bonchev–Trinajstić information content (AvgIpc) is 2.31. The van der Waals surface area contributed by atoms with Gasteiger partial charge < -0.3 is 19.8 Å². The number of hydrogen-bond donors (Lipinski definition) is 2. The fourth-order valence-electron chi connectivity index (χ4n) is 2.01. The fourth-order valence-corrected chi connectivity index (χ4v) is 2.01. The molecule has 96 valence electrons. The second-order valence-corrected chi connectivity index (χ2v) is 4.13. The first-order chi connectivity index (χ1) is 8.50. The highest BCUT2D eigenvalue weighted by atomic mass is 16.5. The summed E-state index contributed by atoms with van der Waals surface area (Å²) in [6.45, 7) is 0.167. The standard InChI is InChI=1S/C12H13NO5/c1-13-7(5-10(14)15)6-18-11-8(12(16)17)3-2-4-9(11)13/h2-4,7H,5-6H2,1H3,(H,14,15)(H,16,17). The Hall–Kier alpha value is -2.24. The van der Waals surface area contributed by atoms with Gasteiger partial charge in [-0.15, -0.1) is 0 Å². The van der Waals surface area contributed by atoms with Gasteiger partial charge in [0.25, 0.3) is 0 Å². The van der Waals surface area contributed by atoms with E-state index in [2.05, 4.69) is 0 Å². The first kappa shape index (κ1) is 12.2. The van der Waals surface area contributed by atoms with Crippen LogP contribution in [0.3, 0.4) is 0 Å². The number of likely N-dealkylation sites (N-methyl/N-ethyl adjacent to an activating group) is 1. The van der Waals surface area contributed by atoms with Crippen LogP contribution in [0.1, 0.15) is 16.8 Å². The number of ether oxygens (including phenoxy) is 1. The van der Waals surface area contributed by atoms with Gasteiger partial charge in [0.1, 0.15) is 12.2 Å². The second-order valence-electron chi connectivity index (χ2n) is 4.13. The number of carboxylic acid groups (broad SMARTS) is 2. The summed E-state index contributed by atoms with van der Waals surface area (Å²) in [4.78, 5) is 23.5. The molecule has 6 nitrogen and oxygen atoms in total. The van der Waals surface area contributed by atoms with Gasteiger partial charge in [0.05, 0.1) is 18.2 Å². The number of anilines is 1. The quantitative estimate of drug-likeness (QED) is 0.835. The molecule has 6 heteroatoms. The zero-order valence-electron chi connectivity index (χ0n) is 9.79. The van der Waals surface area contributed by atoms with Gasteiger partial charge in [-0.05, 0) is 12.1 Å². The van der Waals surface area contributed by atoms with E-state index in [0.29, 0.717) is 11.4 Å². The van der Waals surface area contributed by atoms with Crippen molar-refractivity contribution in [3.8, 4) is 5.75 Å². The smallest absolute Gasteiger partial charge is 0.339 e. The summed E-state index contributed by atoms with van der Waals surface area (Å²) in [6, 6.07) is 4.51. The van der Waals surface area contributed by atoms with E-state index in [-0.39, 0.29) is 24.6 Å². The van der Waals surface area contributed by atoms with Crippen LogP contribution in [-0.2, 0) is 4.79 Å². The molecule has 0 aromatic heterocycles. The highest BCUT2D eigenvalue weighted by molar-refractivity contribution is 5.93. The lowest BCUT2D eigenvalue weighted by molar-refractivity contribution is -0.137. The Morgan fingerprint density at radius 2 is 2.17 bits per heavy atom. The van der Waals surface area contributed by atoms with Gasteiger partial charge in [0, 0.05) is 7.05 Å². The molecule has 0 saturated heterocycles. The number of rotatable bonds is 3. The Kier molecular flexibility index (Phi) is 3.10. The lowest BCUT2D eigenvalue weighted by atomic mass is 10.1. The van der Waals surface area contributed by atoms with Gasteiger partial charge >= 0.3 is 11.9 Å². The number of hydrogen-bond acceptors (Lipinski definition) is 4. The summed E-state index contributed by atoms with van der Waals surface area (Å²) in [7, 11) is 1.74. The Bertz CT molecular complexity index is 499. The molecule has 0 amide bonds. The molecule has 1 aromatic carbocycles. The minimum atomic E-state index is -1.06. The van der Waals surface area contributed by atoms with E-state index in [1.165, 1.54) is 6.07 Å². The van der Waals surface area contributed by atoms with Gasteiger partial charge in [-0.25, -0.2) is 4.79 Å². The highest BCUT2D eigenvalue weighted by Gasteiger charge is 2.29. The van der Waals surface area contributed by atoms with E-state index in [1.807, 2.05) is 0 Å². The third kappa shape index (κ3) is 2.09. The summed E-state index contributed by atoms with van der Waals surface area (Å²) < 4.78 is 5.41. The maximum atomic E-state index is 11.0. The Morgan fingerprint density at radius 1 is 1.44 bits per heavy atom. The van der Waals surface area contributed by atoms with Gasteiger partial charge in [0.2, 0.25) is 0 Å². The van der Waals surface area contributed by atoms with Gasteiger partial charge in [0.15, 0.2) is 5.75 Å². The van der Waals surface area contributed by atoms with Crippen LogP contribution in [0.4, 0.5) is 5.69 Å². The minimum absolute atomic E-state index is 0.0484. The zero-order valence-corrected chi connectivity index (χ0v) is 9.79. The summed E-state index contributed by atoms with van der Waals surface area (Å²) >= 11 is 0. The molecule has 1 aromatic rings. The molecule has 0 bridgehead atoms. The Balaban J connectivity index is 2.36. The van der Waals surface area contributed by atoms with Gasteiger partial charge in [-0.2, -0.15) is 0 Å². The van der Waals surface area contributed by atoms with Crippen LogP contribution in [0.25, 0.3) is 0 Å². The third-order valence-corrected chi connectivity index (χ3v) is 2.98. The van der Waals surface area contributed by atoms with Crippen LogP contribution in [0, 0.1) is 0 Å². The molecular weight excluding hydrogens is 238 g/mol. The number of para-hydroxylation sites is 1. The average molecular weight is 251 g/mol. The predicted molar refractivity (Wildman–Crippen MR) is 63.3 cm³/mol. The molecule has 0 fully saturated rings. The van der Waals surface area contributed by atoms with E-state index in [1.54, 1.807) is 24.1 Å². The van der Waals surface area contributed by atoms with Crippen LogP contribution < -0.4 is 9.64 Å². The SMILES string of the molecule is CN1c2cccc(C(=O)O)c2OCC1CC(=O)O. The van der Waals surface area contributed by atoms with E-state index in [0.717, 1.165) is 0 Å². The van der Waals surface area contributed by atoms with Crippen LogP contribution in [0.2, 0.25) is 0 Å². The van der Waals surface area contributed by atoms with Crippen molar-refractivity contribution in [2.75, 3.05) is 18.6 Å². The first-order valence-corrected chi connectivity index (χ1v) is 5.44. The molecule has 1 heterocycles. The third-order valence-electron chi connectivity index (χ3n) is 2.98. The van der Waals surface area contributed by atoms with Crippen LogP contribution in [-0.4, -0.2) is 41.8 Å². The molecular formula is C12H13NO5. The van der Waals surface area contributed by atoms with Crippen LogP contribution in [0.15, 0.2) is 18.2 Å². The monoisotopic (exact) mass is 251 g/mol. The molecule has 18 heavy (non-hydrogen) atoms. The largest absolute Gasteiger partial charge is 0.488 e. The van der Waals surface area contributed by atoms with Gasteiger partial charge in [-0.3, -0.25) is 4.79 Å². The maximum Gasteiger partial charge on any atom is 0.339 e. The summed E-state index contributed by atoms with van der Waals surface area (Å²) in [6.07, 6.45) is -0.0484.